The molecule has 4 aromatic heterocycles. The van der Waals surface area contributed by atoms with E-state index in [1.807, 2.05) is 40.1 Å². The Morgan fingerprint density at radius 2 is 1.09 bits per heavy atom. The van der Waals surface area contributed by atoms with Gasteiger partial charge in [-0.2, -0.15) is 0 Å². The van der Waals surface area contributed by atoms with E-state index in [0.29, 0.717) is 11.8 Å². The molecule has 116 valence electrons. The molecule has 4 heterocycles. The molecular weight excluding hydrogens is 380 g/mol. The van der Waals surface area contributed by atoms with Crippen LogP contribution in [0.2, 0.25) is 4.34 Å². The maximum absolute atomic E-state index is 6.25. The summed E-state index contributed by atoms with van der Waals surface area (Å²) in [6.07, 6.45) is 0. The minimum atomic E-state index is 0.324. The van der Waals surface area contributed by atoms with Crippen molar-refractivity contribution in [3.63, 3.8) is 0 Å². The minimum Gasteiger partial charge on any atom is -0.148 e. The Morgan fingerprint density at radius 1 is 0.609 bits per heavy atom. The summed E-state index contributed by atoms with van der Waals surface area (Å²) in [6, 6.07) is 17.4. The average molecular weight is 393 g/mol. The monoisotopic (exact) mass is 392 g/mol. The summed E-state index contributed by atoms with van der Waals surface area (Å²) in [5.74, 6) is 0.674. The highest BCUT2D eigenvalue weighted by molar-refractivity contribution is 7.16. The highest BCUT2D eigenvalue weighted by Gasteiger charge is 2.31. The summed E-state index contributed by atoms with van der Waals surface area (Å²) in [7, 11) is 0. The zero-order valence-electron chi connectivity index (χ0n) is 12.0. The van der Waals surface area contributed by atoms with E-state index in [9.17, 15) is 0 Å². The molecule has 0 aliphatic rings. The van der Waals surface area contributed by atoms with Gasteiger partial charge in [-0.3, -0.25) is 0 Å². The molecule has 0 N–H and O–H groups in total. The molecule has 0 fully saturated rings. The fourth-order valence-corrected chi connectivity index (χ4v) is 6.85. The lowest BCUT2D eigenvalue weighted by Crippen LogP contribution is -2.10. The highest BCUT2D eigenvalue weighted by Crippen LogP contribution is 2.48. The molecule has 1 unspecified atom stereocenters. The highest BCUT2D eigenvalue weighted by atomic mass is 35.5. The van der Waals surface area contributed by atoms with Crippen LogP contribution < -0.4 is 0 Å². The fraction of sp³-hybridized carbons (Fsp3) is 0.111. The number of hydrogen-bond donors (Lipinski definition) is 0. The van der Waals surface area contributed by atoms with Crippen molar-refractivity contribution in [2.45, 2.75) is 11.8 Å². The third kappa shape index (κ3) is 3.19. The zero-order valence-corrected chi connectivity index (χ0v) is 16.0. The Hall–Kier alpha value is -0.910. The molecule has 0 nitrogen and oxygen atoms in total. The molecule has 1 atom stereocenters. The van der Waals surface area contributed by atoms with Crippen LogP contribution in [0.3, 0.4) is 0 Å². The van der Waals surface area contributed by atoms with Crippen molar-refractivity contribution in [2.75, 3.05) is 0 Å². The second kappa shape index (κ2) is 6.91. The van der Waals surface area contributed by atoms with Crippen molar-refractivity contribution in [3.8, 4) is 0 Å². The van der Waals surface area contributed by atoms with Crippen LogP contribution >= 0.6 is 56.9 Å². The molecule has 0 amide bonds. The molecule has 0 radical (unpaired) electrons. The van der Waals surface area contributed by atoms with Gasteiger partial charge in [-0.05, 0) is 46.5 Å². The summed E-state index contributed by atoms with van der Waals surface area (Å²) in [6.45, 7) is 0. The summed E-state index contributed by atoms with van der Waals surface area (Å²) in [5.41, 5.74) is 0. The summed E-state index contributed by atoms with van der Waals surface area (Å²) in [4.78, 5) is 5.56. The van der Waals surface area contributed by atoms with Crippen LogP contribution in [0.25, 0.3) is 0 Å². The van der Waals surface area contributed by atoms with Crippen LogP contribution in [0.1, 0.15) is 31.3 Å². The van der Waals surface area contributed by atoms with Crippen molar-refractivity contribution in [1.29, 1.82) is 0 Å². The Kier molecular flexibility index (Phi) is 4.69. The van der Waals surface area contributed by atoms with Gasteiger partial charge in [0, 0.05) is 31.3 Å². The molecule has 0 spiro atoms. The molecular formula is C18H13ClS4. The van der Waals surface area contributed by atoms with Gasteiger partial charge in [0.25, 0.3) is 0 Å². The lowest BCUT2D eigenvalue weighted by atomic mass is 9.87. The standard InChI is InChI=1S/C18H13ClS4/c19-16-8-7-15(23-16)18(14-6-3-11-22-14)17(12-4-1-9-20-12)13-5-2-10-21-13/h1-11,17-18H. The third-order valence-electron chi connectivity index (χ3n) is 3.78. The lowest BCUT2D eigenvalue weighted by molar-refractivity contribution is 0.741. The lowest BCUT2D eigenvalue weighted by Gasteiger charge is -2.24. The van der Waals surface area contributed by atoms with Gasteiger partial charge in [-0.15, -0.1) is 45.3 Å². The van der Waals surface area contributed by atoms with Gasteiger partial charge in [-0.1, -0.05) is 29.8 Å². The van der Waals surface area contributed by atoms with Crippen LogP contribution in [-0.4, -0.2) is 0 Å². The van der Waals surface area contributed by atoms with Gasteiger partial charge in [-0.25, -0.2) is 0 Å². The third-order valence-corrected chi connectivity index (χ3v) is 7.96. The first kappa shape index (κ1) is 15.6. The van der Waals surface area contributed by atoms with E-state index in [1.165, 1.54) is 19.5 Å². The van der Waals surface area contributed by atoms with Gasteiger partial charge in [0.2, 0.25) is 0 Å². The van der Waals surface area contributed by atoms with Crippen molar-refractivity contribution >= 4 is 56.9 Å². The molecule has 4 rings (SSSR count). The van der Waals surface area contributed by atoms with Gasteiger partial charge < -0.3 is 0 Å². The van der Waals surface area contributed by atoms with Crippen LogP contribution in [0.15, 0.2) is 64.7 Å². The van der Waals surface area contributed by atoms with Crippen molar-refractivity contribution in [2.24, 2.45) is 0 Å². The topological polar surface area (TPSA) is 0 Å². The zero-order chi connectivity index (χ0) is 15.6. The molecule has 4 aromatic rings. The van der Waals surface area contributed by atoms with Crippen molar-refractivity contribution < 1.29 is 0 Å². The Balaban J connectivity index is 1.88. The molecule has 0 aliphatic heterocycles. The molecule has 23 heavy (non-hydrogen) atoms. The van der Waals surface area contributed by atoms with Crippen LogP contribution in [-0.2, 0) is 0 Å². The normalized spacial score (nSPS) is 12.8. The van der Waals surface area contributed by atoms with E-state index in [0.717, 1.165) is 4.34 Å². The first-order chi connectivity index (χ1) is 11.3. The van der Waals surface area contributed by atoms with E-state index in [1.54, 1.807) is 11.3 Å². The van der Waals surface area contributed by atoms with Crippen LogP contribution in [0, 0.1) is 0 Å². The van der Waals surface area contributed by atoms with Gasteiger partial charge >= 0.3 is 0 Å². The first-order valence-electron chi connectivity index (χ1n) is 7.18. The van der Waals surface area contributed by atoms with Crippen molar-refractivity contribution in [3.05, 3.63) is 88.5 Å². The number of hydrogen-bond acceptors (Lipinski definition) is 4. The predicted molar refractivity (Wildman–Crippen MR) is 106 cm³/mol. The van der Waals surface area contributed by atoms with E-state index in [2.05, 4.69) is 58.6 Å². The molecule has 5 heteroatoms. The average Bonchev–Trinajstić information content (AvgIpc) is 3.31. The summed E-state index contributed by atoms with van der Waals surface area (Å²) >= 11 is 13.5. The minimum absolute atomic E-state index is 0.324. The van der Waals surface area contributed by atoms with E-state index >= 15 is 0 Å². The first-order valence-corrected chi connectivity index (χ1v) is 11.0. The van der Waals surface area contributed by atoms with Gasteiger partial charge in [0.15, 0.2) is 0 Å². The Bertz CT molecular complexity index is 807. The molecule has 0 aliphatic carbocycles. The number of rotatable bonds is 5. The van der Waals surface area contributed by atoms with Crippen LogP contribution in [0.4, 0.5) is 0 Å². The number of thiophene rings is 4. The second-order valence-electron chi connectivity index (χ2n) is 5.14. The maximum atomic E-state index is 6.25. The summed E-state index contributed by atoms with van der Waals surface area (Å²) < 4.78 is 0.859. The molecule has 0 bridgehead atoms. The maximum Gasteiger partial charge on any atom is 0.0931 e. The number of halogens is 1. The SMILES string of the molecule is Clc1ccc(C(c2cccs2)C(c2cccs2)c2cccs2)s1. The Labute approximate surface area is 156 Å². The largest absolute Gasteiger partial charge is 0.148 e. The predicted octanol–water partition coefficient (Wildman–Crippen LogP) is 7.55. The van der Waals surface area contributed by atoms with E-state index in [4.69, 9.17) is 11.6 Å². The second-order valence-corrected chi connectivity index (χ2v) is 9.83. The molecule has 0 saturated heterocycles. The van der Waals surface area contributed by atoms with Gasteiger partial charge in [0.1, 0.15) is 0 Å². The van der Waals surface area contributed by atoms with Crippen molar-refractivity contribution in [1.82, 2.24) is 0 Å². The quantitative estimate of drug-likeness (QED) is 0.329. The van der Waals surface area contributed by atoms with Crippen LogP contribution in [0.5, 0.6) is 0 Å². The fourth-order valence-electron chi connectivity index (χ4n) is 2.84. The molecule has 0 aromatic carbocycles. The van der Waals surface area contributed by atoms with E-state index in [-0.39, 0.29) is 0 Å². The Morgan fingerprint density at radius 3 is 1.43 bits per heavy atom. The van der Waals surface area contributed by atoms with Gasteiger partial charge in [0.05, 0.1) is 4.34 Å². The molecule has 0 saturated carbocycles. The smallest absolute Gasteiger partial charge is 0.0931 e. The summed E-state index contributed by atoms with van der Waals surface area (Å²) in [5, 5.41) is 6.50. The van der Waals surface area contributed by atoms with E-state index < -0.39 is 0 Å².